The molecule has 0 aliphatic rings. The molecular weight excluding hydrogens is 985 g/mol. The maximum absolute atomic E-state index is 12.9. The van der Waals surface area contributed by atoms with Crippen LogP contribution in [-0.2, 0) is 28.6 Å². The van der Waals surface area contributed by atoms with E-state index in [0.29, 0.717) is 19.3 Å². The van der Waals surface area contributed by atoms with Crippen molar-refractivity contribution in [1.82, 2.24) is 0 Å². The molecular formula is C74H122O6. The van der Waals surface area contributed by atoms with E-state index in [1.807, 2.05) is 0 Å². The predicted octanol–water partition coefficient (Wildman–Crippen LogP) is 22.9. The largest absolute Gasteiger partial charge is 0.462 e. The number of hydrogen-bond acceptors (Lipinski definition) is 6. The quantitative estimate of drug-likeness (QED) is 0.0261. The molecule has 0 radical (unpaired) electrons. The van der Waals surface area contributed by atoms with E-state index in [4.69, 9.17) is 14.2 Å². The van der Waals surface area contributed by atoms with E-state index in [-0.39, 0.29) is 31.1 Å². The molecule has 0 bridgehead atoms. The summed E-state index contributed by atoms with van der Waals surface area (Å²) in [4.78, 5) is 38.2. The van der Waals surface area contributed by atoms with Gasteiger partial charge in [0.05, 0.1) is 0 Å². The second kappa shape index (κ2) is 67.1. The van der Waals surface area contributed by atoms with Crippen molar-refractivity contribution in [1.29, 1.82) is 0 Å². The van der Waals surface area contributed by atoms with E-state index in [1.165, 1.54) is 122 Å². The maximum atomic E-state index is 12.9. The van der Waals surface area contributed by atoms with Crippen LogP contribution in [0.25, 0.3) is 0 Å². The van der Waals surface area contributed by atoms with Crippen LogP contribution in [-0.4, -0.2) is 37.2 Å². The third-order valence-electron chi connectivity index (χ3n) is 13.9. The molecule has 6 nitrogen and oxygen atoms in total. The Balaban J connectivity index is 4.23. The van der Waals surface area contributed by atoms with Crippen molar-refractivity contribution in [3.05, 3.63) is 134 Å². The van der Waals surface area contributed by atoms with Crippen LogP contribution in [0.2, 0.25) is 0 Å². The van der Waals surface area contributed by atoms with Crippen LogP contribution < -0.4 is 0 Å². The minimum absolute atomic E-state index is 0.0848. The number of unbranched alkanes of at least 4 members (excludes halogenated alkanes) is 26. The molecule has 80 heavy (non-hydrogen) atoms. The Morgan fingerprint density at radius 3 is 0.787 bits per heavy atom. The molecule has 0 spiro atoms. The van der Waals surface area contributed by atoms with Gasteiger partial charge in [-0.3, -0.25) is 14.4 Å². The molecule has 0 saturated carbocycles. The van der Waals surface area contributed by atoms with Crippen molar-refractivity contribution in [2.45, 2.75) is 303 Å². The lowest BCUT2D eigenvalue weighted by atomic mass is 10.1. The van der Waals surface area contributed by atoms with E-state index in [1.54, 1.807) is 0 Å². The van der Waals surface area contributed by atoms with Crippen LogP contribution in [0, 0.1) is 0 Å². The molecule has 0 fully saturated rings. The zero-order valence-electron chi connectivity index (χ0n) is 52.0. The van der Waals surface area contributed by atoms with Crippen molar-refractivity contribution in [2.75, 3.05) is 13.2 Å². The van der Waals surface area contributed by atoms with Gasteiger partial charge in [0.1, 0.15) is 13.2 Å². The monoisotopic (exact) mass is 1110 g/mol. The van der Waals surface area contributed by atoms with Crippen molar-refractivity contribution in [3.63, 3.8) is 0 Å². The first-order valence-electron chi connectivity index (χ1n) is 33.2. The average Bonchev–Trinajstić information content (AvgIpc) is 3.46. The van der Waals surface area contributed by atoms with Crippen molar-refractivity contribution < 1.29 is 28.6 Å². The first-order chi connectivity index (χ1) is 39.5. The molecule has 0 aromatic carbocycles. The van der Waals surface area contributed by atoms with Gasteiger partial charge in [0.25, 0.3) is 0 Å². The van der Waals surface area contributed by atoms with E-state index >= 15 is 0 Å². The fourth-order valence-electron chi connectivity index (χ4n) is 8.94. The summed E-state index contributed by atoms with van der Waals surface area (Å²) in [6.45, 7) is 6.48. The molecule has 0 amide bonds. The molecule has 0 aromatic rings. The fourth-order valence-corrected chi connectivity index (χ4v) is 8.94. The van der Waals surface area contributed by atoms with Gasteiger partial charge in [-0.2, -0.15) is 0 Å². The summed E-state index contributed by atoms with van der Waals surface area (Å²) in [7, 11) is 0. The average molecular weight is 1110 g/mol. The summed E-state index contributed by atoms with van der Waals surface area (Å²) in [5.41, 5.74) is 0. The van der Waals surface area contributed by atoms with Gasteiger partial charge >= 0.3 is 17.9 Å². The van der Waals surface area contributed by atoms with Gasteiger partial charge in [-0.1, -0.05) is 289 Å². The Bertz CT molecular complexity index is 1700. The third kappa shape index (κ3) is 64.4. The summed E-state index contributed by atoms with van der Waals surface area (Å²) in [5, 5.41) is 0. The lowest BCUT2D eigenvalue weighted by molar-refractivity contribution is -0.167. The normalized spacial score (nSPS) is 13.0. The zero-order chi connectivity index (χ0) is 57.8. The highest BCUT2D eigenvalue weighted by Crippen LogP contribution is 2.15. The fraction of sp³-hybridized carbons (Fsp3) is 0.662. The van der Waals surface area contributed by atoms with Gasteiger partial charge in [0.2, 0.25) is 0 Å². The van der Waals surface area contributed by atoms with Crippen LogP contribution in [0.15, 0.2) is 134 Å². The van der Waals surface area contributed by atoms with Crippen molar-refractivity contribution in [2.24, 2.45) is 0 Å². The predicted molar refractivity (Wildman–Crippen MR) is 348 cm³/mol. The second-order valence-corrected chi connectivity index (χ2v) is 21.6. The standard InChI is InChI=1S/C74H122O6/c1-4-7-10-13-16-19-22-24-26-28-29-30-31-32-33-34-35-36-37-38-39-40-41-42-43-44-45-47-48-50-52-55-58-61-64-67-73(76)79-70-71(69-78-72(75)66-63-60-57-54-21-18-15-12-9-6-3)80-74(77)68-65-62-59-56-53-51-49-46-27-25-23-20-17-14-11-8-5-2/h7,10,16-17,19-20,24-27,29-30,32-33,35-36,38-39,41-42,44-45,71H,4-6,8-9,11-15,18,21-23,28,31,34,37,40,43,46-70H2,1-3H3/b10-7-,19-16-,20-17-,26-24-,27-25-,30-29-,33-32-,36-35-,39-38-,42-41-,45-44-. The van der Waals surface area contributed by atoms with Gasteiger partial charge in [-0.05, 0) is 122 Å². The zero-order valence-corrected chi connectivity index (χ0v) is 52.0. The molecule has 1 atom stereocenters. The Morgan fingerprint density at radius 1 is 0.263 bits per heavy atom. The van der Waals surface area contributed by atoms with E-state index in [9.17, 15) is 14.4 Å². The van der Waals surface area contributed by atoms with E-state index < -0.39 is 6.10 Å². The molecule has 0 heterocycles. The van der Waals surface area contributed by atoms with Gasteiger partial charge in [-0.15, -0.1) is 0 Å². The SMILES string of the molecule is CC/C=C\C/C=C\C/C=C\C/C=C\C/C=C\C/C=C\C/C=C\C/C=C\C/C=C\CCCCCCCCCC(=O)OCC(COC(=O)CCCCCCCCCCCC)OC(=O)CCCCCCCCC/C=C\C/C=C\CCCCC. The van der Waals surface area contributed by atoms with Crippen molar-refractivity contribution >= 4 is 17.9 Å². The summed E-state index contributed by atoms with van der Waals surface area (Å²) in [6.07, 6.45) is 94.7. The molecule has 0 saturated heterocycles. The Kier molecular flexibility index (Phi) is 63.3. The van der Waals surface area contributed by atoms with Gasteiger partial charge < -0.3 is 14.2 Å². The summed E-state index contributed by atoms with van der Waals surface area (Å²) in [6, 6.07) is 0. The number of carbonyl (C=O) groups is 3. The number of allylic oxidation sites excluding steroid dienone is 22. The number of esters is 3. The summed E-state index contributed by atoms with van der Waals surface area (Å²) >= 11 is 0. The lowest BCUT2D eigenvalue weighted by Crippen LogP contribution is -2.30. The van der Waals surface area contributed by atoms with Gasteiger partial charge in [-0.25, -0.2) is 0 Å². The Morgan fingerprint density at radius 2 is 0.487 bits per heavy atom. The third-order valence-corrected chi connectivity index (χ3v) is 13.9. The van der Waals surface area contributed by atoms with Crippen molar-refractivity contribution in [3.8, 4) is 0 Å². The molecule has 6 heteroatoms. The number of hydrogen-bond donors (Lipinski definition) is 0. The van der Waals surface area contributed by atoms with Gasteiger partial charge in [0, 0.05) is 19.3 Å². The minimum Gasteiger partial charge on any atom is -0.462 e. The molecule has 454 valence electrons. The molecule has 1 unspecified atom stereocenters. The maximum Gasteiger partial charge on any atom is 0.306 e. The molecule has 0 aromatic heterocycles. The highest BCUT2D eigenvalue weighted by atomic mass is 16.6. The molecule has 0 rings (SSSR count). The molecule has 0 aliphatic heterocycles. The Hall–Kier alpha value is -4.45. The number of rotatable bonds is 59. The molecule has 0 N–H and O–H groups in total. The van der Waals surface area contributed by atoms with Crippen LogP contribution in [0.1, 0.15) is 297 Å². The van der Waals surface area contributed by atoms with Gasteiger partial charge in [0.15, 0.2) is 6.10 Å². The Labute approximate surface area is 494 Å². The first kappa shape index (κ1) is 75.5. The topological polar surface area (TPSA) is 78.9 Å². The summed E-state index contributed by atoms with van der Waals surface area (Å²) < 4.78 is 16.9. The van der Waals surface area contributed by atoms with Crippen LogP contribution >= 0.6 is 0 Å². The first-order valence-corrected chi connectivity index (χ1v) is 33.2. The van der Waals surface area contributed by atoms with Crippen LogP contribution in [0.5, 0.6) is 0 Å². The van der Waals surface area contributed by atoms with Crippen LogP contribution in [0.4, 0.5) is 0 Å². The number of ether oxygens (including phenoxy) is 3. The van der Waals surface area contributed by atoms with E-state index in [0.717, 1.165) is 135 Å². The smallest absolute Gasteiger partial charge is 0.306 e. The molecule has 0 aliphatic carbocycles. The highest BCUT2D eigenvalue weighted by Gasteiger charge is 2.19. The lowest BCUT2D eigenvalue weighted by Gasteiger charge is -2.18. The highest BCUT2D eigenvalue weighted by molar-refractivity contribution is 5.71. The summed E-state index contributed by atoms with van der Waals surface area (Å²) in [5.74, 6) is -0.902. The number of carbonyl (C=O) groups excluding carboxylic acids is 3. The minimum atomic E-state index is -0.789. The van der Waals surface area contributed by atoms with E-state index in [2.05, 4.69) is 154 Å². The second-order valence-electron chi connectivity index (χ2n) is 21.6. The van der Waals surface area contributed by atoms with Crippen LogP contribution in [0.3, 0.4) is 0 Å².